The number of anilines is 1. The van der Waals surface area contributed by atoms with Crippen LogP contribution in [0.4, 0.5) is 11.4 Å². The van der Waals surface area contributed by atoms with Crippen LogP contribution in [0, 0.1) is 30.9 Å². The van der Waals surface area contributed by atoms with E-state index in [-0.39, 0.29) is 17.2 Å². The second kappa shape index (κ2) is 8.19. The molecule has 0 aliphatic carbocycles. The molecule has 0 N–H and O–H groups in total. The molecule has 3 heterocycles. The lowest BCUT2D eigenvalue weighted by Gasteiger charge is -2.23. The quantitative estimate of drug-likeness (QED) is 0.314. The summed E-state index contributed by atoms with van der Waals surface area (Å²) >= 11 is 0. The average molecular weight is 494 g/mol. The van der Waals surface area contributed by atoms with Crippen molar-refractivity contribution in [3.8, 4) is 0 Å². The van der Waals surface area contributed by atoms with Crippen molar-refractivity contribution in [2.24, 2.45) is 4.99 Å². The number of aliphatic imine (C=N–C) groups is 1. The smallest absolute Gasteiger partial charge is 0.272 e. The minimum atomic E-state index is -1.21. The van der Waals surface area contributed by atoms with Crippen molar-refractivity contribution < 1.29 is 9.72 Å². The molecule has 9 nitrogen and oxygen atoms in total. The van der Waals surface area contributed by atoms with E-state index < -0.39 is 11.1 Å². The fourth-order valence-electron chi connectivity index (χ4n) is 5.47. The molecule has 0 bridgehead atoms. The third kappa shape index (κ3) is 3.46. The van der Waals surface area contributed by atoms with E-state index in [0.29, 0.717) is 57.8 Å². The van der Waals surface area contributed by atoms with E-state index in [4.69, 9.17) is 9.98 Å². The molecular formula is C28H23N5O4. The number of aromatic nitrogens is 2. The molecular weight excluding hydrogens is 470 g/mol. The first-order valence-electron chi connectivity index (χ1n) is 12.0. The highest BCUT2D eigenvalue weighted by molar-refractivity contribution is 6.21. The number of hydrogen-bond donors (Lipinski definition) is 0. The number of nitrogens with zero attached hydrogens (tertiary/aromatic N) is 5. The van der Waals surface area contributed by atoms with E-state index in [1.165, 1.54) is 16.7 Å². The third-order valence-corrected chi connectivity index (χ3v) is 7.06. The van der Waals surface area contributed by atoms with Crippen molar-refractivity contribution in [1.82, 2.24) is 9.55 Å². The Kier molecular flexibility index (Phi) is 5.04. The van der Waals surface area contributed by atoms with E-state index in [0.717, 1.165) is 11.1 Å². The van der Waals surface area contributed by atoms with Crippen molar-refractivity contribution in [3.05, 3.63) is 109 Å². The van der Waals surface area contributed by atoms with Gasteiger partial charge in [0, 0.05) is 29.8 Å². The number of hydrogen-bond acceptors (Lipinski definition) is 6. The summed E-state index contributed by atoms with van der Waals surface area (Å²) in [5.41, 5.74) is 4.96. The Labute approximate surface area is 211 Å². The van der Waals surface area contributed by atoms with Crippen LogP contribution in [0.2, 0.25) is 0 Å². The standard InChI is InChI=1S/C28H23N5O4/c1-15-11-16(2)23-22(12-15)27(34)32(17(3)29-23)26-28(35)31-10-9-19-13-20(33(36)37)14-21(25(19)31)24(30-26)18-7-5-4-6-8-18/h4-8,11-14,26H,9-10H2,1-3H3. The summed E-state index contributed by atoms with van der Waals surface area (Å²) in [6.45, 7) is 5.87. The fourth-order valence-corrected chi connectivity index (χ4v) is 5.47. The molecule has 1 atom stereocenters. The molecule has 4 aromatic rings. The SMILES string of the molecule is Cc1cc(C)c2nc(C)n(C3N=C(c4ccccc4)c4cc([N+](=O)[O-])cc5c4N(CC5)C3=O)c(=O)c2c1. The molecule has 1 amide bonds. The van der Waals surface area contributed by atoms with Crippen LogP contribution >= 0.6 is 0 Å². The lowest BCUT2D eigenvalue weighted by Crippen LogP contribution is -2.39. The normalized spacial score (nSPS) is 16.5. The zero-order valence-electron chi connectivity index (χ0n) is 20.6. The molecule has 0 saturated heterocycles. The van der Waals surface area contributed by atoms with Crippen LogP contribution in [-0.4, -0.2) is 32.6 Å². The van der Waals surface area contributed by atoms with E-state index in [1.54, 1.807) is 17.9 Å². The van der Waals surface area contributed by atoms with Crippen LogP contribution in [0.25, 0.3) is 10.9 Å². The number of rotatable bonds is 3. The number of fused-ring (bicyclic) bond motifs is 1. The molecule has 0 fully saturated rings. The number of nitro groups is 1. The van der Waals surface area contributed by atoms with E-state index in [2.05, 4.69) is 0 Å². The van der Waals surface area contributed by atoms with Gasteiger partial charge in [0.2, 0.25) is 6.17 Å². The maximum Gasteiger partial charge on any atom is 0.272 e. The number of aryl methyl sites for hydroxylation is 3. The Hall–Kier alpha value is -4.66. The van der Waals surface area contributed by atoms with Gasteiger partial charge >= 0.3 is 0 Å². The molecule has 0 spiro atoms. The zero-order valence-corrected chi connectivity index (χ0v) is 20.6. The van der Waals surface area contributed by atoms with Gasteiger partial charge in [-0.3, -0.25) is 24.3 Å². The third-order valence-electron chi connectivity index (χ3n) is 7.06. The Bertz CT molecular complexity index is 1740. The van der Waals surface area contributed by atoms with Crippen molar-refractivity contribution in [3.63, 3.8) is 0 Å². The van der Waals surface area contributed by atoms with Crippen LogP contribution in [0.15, 0.2) is 64.4 Å². The molecule has 9 heteroatoms. The van der Waals surface area contributed by atoms with E-state index in [1.807, 2.05) is 50.2 Å². The highest BCUT2D eigenvalue weighted by atomic mass is 16.6. The monoisotopic (exact) mass is 493 g/mol. The number of non-ortho nitro benzene ring substituents is 1. The maximum atomic E-state index is 14.0. The van der Waals surface area contributed by atoms with Gasteiger partial charge in [-0.05, 0) is 49.9 Å². The van der Waals surface area contributed by atoms with Crippen LogP contribution in [0.3, 0.4) is 0 Å². The number of nitro benzene ring substituents is 1. The highest BCUT2D eigenvalue weighted by Crippen LogP contribution is 2.40. The zero-order chi connectivity index (χ0) is 26.0. The molecule has 0 radical (unpaired) electrons. The number of benzene rings is 3. The topological polar surface area (TPSA) is 111 Å². The van der Waals surface area contributed by atoms with Gasteiger partial charge in [0.1, 0.15) is 5.82 Å². The van der Waals surface area contributed by atoms with Gasteiger partial charge in [0.05, 0.1) is 27.2 Å². The molecule has 3 aromatic carbocycles. The molecule has 184 valence electrons. The van der Waals surface area contributed by atoms with Gasteiger partial charge in [0.15, 0.2) is 0 Å². The Balaban J connectivity index is 1.68. The predicted molar refractivity (Wildman–Crippen MR) is 140 cm³/mol. The van der Waals surface area contributed by atoms with Gasteiger partial charge in [-0.15, -0.1) is 0 Å². The van der Waals surface area contributed by atoms with Crippen LogP contribution in [0.5, 0.6) is 0 Å². The lowest BCUT2D eigenvalue weighted by atomic mass is 9.97. The van der Waals surface area contributed by atoms with Crippen LogP contribution < -0.4 is 10.5 Å². The molecule has 2 aliphatic rings. The van der Waals surface area contributed by atoms with Crippen molar-refractivity contribution in [2.75, 3.05) is 11.4 Å². The second-order valence-electron chi connectivity index (χ2n) is 9.53. The summed E-state index contributed by atoms with van der Waals surface area (Å²) in [4.78, 5) is 50.4. The van der Waals surface area contributed by atoms with Crippen LogP contribution in [-0.2, 0) is 11.2 Å². The first kappa shape index (κ1) is 22.8. The molecule has 1 aromatic heterocycles. The van der Waals surface area contributed by atoms with E-state index >= 15 is 0 Å². The van der Waals surface area contributed by atoms with Crippen molar-refractivity contribution >= 4 is 33.9 Å². The number of amides is 1. The summed E-state index contributed by atoms with van der Waals surface area (Å²) in [5.74, 6) is 0.00540. The summed E-state index contributed by atoms with van der Waals surface area (Å²) < 4.78 is 1.35. The molecule has 0 saturated carbocycles. The van der Waals surface area contributed by atoms with Gasteiger partial charge in [-0.2, -0.15) is 0 Å². The molecule has 37 heavy (non-hydrogen) atoms. The van der Waals surface area contributed by atoms with Crippen molar-refractivity contribution in [1.29, 1.82) is 0 Å². The maximum absolute atomic E-state index is 14.0. The first-order chi connectivity index (χ1) is 17.7. The number of carbonyl (C=O) groups excluding carboxylic acids is 1. The summed E-state index contributed by atoms with van der Waals surface area (Å²) in [7, 11) is 0. The minimum Gasteiger partial charge on any atom is -0.308 e. The van der Waals surface area contributed by atoms with Gasteiger partial charge < -0.3 is 4.90 Å². The summed E-state index contributed by atoms with van der Waals surface area (Å²) in [5, 5.41) is 12.2. The van der Waals surface area contributed by atoms with E-state index in [9.17, 15) is 19.7 Å². The second-order valence-corrected chi connectivity index (χ2v) is 9.53. The Morgan fingerprint density at radius 2 is 1.78 bits per heavy atom. The molecule has 2 aliphatic heterocycles. The Morgan fingerprint density at radius 3 is 2.51 bits per heavy atom. The minimum absolute atomic E-state index is 0.0585. The van der Waals surface area contributed by atoms with Gasteiger partial charge in [-0.25, -0.2) is 9.98 Å². The lowest BCUT2D eigenvalue weighted by molar-refractivity contribution is -0.384. The summed E-state index contributed by atoms with van der Waals surface area (Å²) in [6, 6.07) is 16.0. The first-order valence-corrected chi connectivity index (χ1v) is 12.0. The summed E-state index contributed by atoms with van der Waals surface area (Å²) in [6.07, 6.45) is -0.731. The average Bonchev–Trinajstić information content (AvgIpc) is 3.26. The molecule has 6 rings (SSSR count). The largest absolute Gasteiger partial charge is 0.308 e. The number of carbonyl (C=O) groups is 1. The fraction of sp³-hybridized carbons (Fsp3) is 0.214. The Morgan fingerprint density at radius 1 is 1.03 bits per heavy atom. The highest BCUT2D eigenvalue weighted by Gasteiger charge is 2.39. The molecule has 1 unspecified atom stereocenters. The predicted octanol–water partition coefficient (Wildman–Crippen LogP) is 4.17. The van der Waals surface area contributed by atoms with Crippen molar-refractivity contribution in [2.45, 2.75) is 33.4 Å². The van der Waals surface area contributed by atoms with Gasteiger partial charge in [-0.1, -0.05) is 36.4 Å². The van der Waals surface area contributed by atoms with Crippen LogP contribution in [0.1, 0.15) is 39.8 Å². The van der Waals surface area contributed by atoms with Gasteiger partial charge in [0.25, 0.3) is 17.2 Å².